The molecule has 5 nitrogen and oxygen atoms in total. The maximum atomic E-state index is 10.1. The molecule has 1 aliphatic rings. The third kappa shape index (κ3) is 3.94. The first-order chi connectivity index (χ1) is 20.1. The van der Waals surface area contributed by atoms with E-state index in [1.807, 2.05) is 6.92 Å². The zero-order chi connectivity index (χ0) is 28.1. The lowest BCUT2D eigenvalue weighted by Gasteiger charge is -2.30. The summed E-state index contributed by atoms with van der Waals surface area (Å²) in [6.07, 6.45) is 3.53. The molecule has 0 bridgehead atoms. The molecule has 0 N–H and O–H groups in total. The molecule has 0 amide bonds. The third-order valence-electron chi connectivity index (χ3n) is 8.55. The summed E-state index contributed by atoms with van der Waals surface area (Å²) in [4.78, 5) is 7.61. The summed E-state index contributed by atoms with van der Waals surface area (Å²) in [6, 6.07) is 30.4. The minimum Gasteiger partial charge on any atom is -0.495 e. The van der Waals surface area contributed by atoms with E-state index in [1.54, 1.807) is 7.11 Å². The lowest BCUT2D eigenvalue weighted by atomic mass is 9.92. The Hall–Kier alpha value is -4.82. The van der Waals surface area contributed by atoms with Crippen LogP contribution in [0.25, 0.3) is 49.4 Å². The van der Waals surface area contributed by atoms with E-state index in [1.165, 1.54) is 28.2 Å². The highest BCUT2D eigenvalue weighted by molar-refractivity contribution is 6.13. The standard InChI is InChI=1S/C36H32N4O/c1-23-20-29-33(24(2)38-36(39-18-10-5-11-19-39)34(29)35(41-3)30(23)22-37)25-16-17-32-28(21-25)27-14-8-9-15-31(27)40(32)26-12-6-4-7-13-26/h4,6-9,12-17,20-21H,5,10-11,18-19H2,1-3H3. The number of benzene rings is 4. The molecule has 3 heterocycles. The summed E-state index contributed by atoms with van der Waals surface area (Å²) in [5.41, 5.74) is 8.17. The van der Waals surface area contributed by atoms with Crippen LogP contribution in [-0.2, 0) is 0 Å². The minimum absolute atomic E-state index is 0.580. The molecule has 0 unspecified atom stereocenters. The Balaban J connectivity index is 1.54. The number of hydrogen-bond acceptors (Lipinski definition) is 4. The van der Waals surface area contributed by atoms with Gasteiger partial charge in [-0.25, -0.2) is 4.98 Å². The SMILES string of the molecule is COc1c(C#N)c(C)cc2c(-c3ccc4c(c3)c3ccccc3n4-c3ccccc3)c(C)nc(N3CCCCC3)c12. The Morgan fingerprint density at radius 1 is 0.805 bits per heavy atom. The number of piperidine rings is 1. The van der Waals surface area contributed by atoms with Crippen LogP contribution in [0, 0.1) is 25.2 Å². The lowest BCUT2D eigenvalue weighted by Crippen LogP contribution is -2.30. The number of nitrogens with zero attached hydrogens (tertiary/aromatic N) is 4. The average molecular weight is 537 g/mol. The number of anilines is 1. The number of fused-ring (bicyclic) bond motifs is 4. The molecule has 0 saturated carbocycles. The highest BCUT2D eigenvalue weighted by Crippen LogP contribution is 2.45. The molecule has 1 fully saturated rings. The number of nitriles is 1. The monoisotopic (exact) mass is 536 g/mol. The van der Waals surface area contributed by atoms with Gasteiger partial charge in [-0.2, -0.15) is 5.26 Å². The molecule has 0 spiro atoms. The van der Waals surface area contributed by atoms with Crippen molar-refractivity contribution in [1.82, 2.24) is 9.55 Å². The first kappa shape index (κ1) is 25.2. The molecule has 2 aromatic heterocycles. The average Bonchev–Trinajstić information content (AvgIpc) is 3.34. The zero-order valence-corrected chi connectivity index (χ0v) is 23.7. The van der Waals surface area contributed by atoms with Crippen molar-refractivity contribution in [2.75, 3.05) is 25.1 Å². The molecule has 1 saturated heterocycles. The van der Waals surface area contributed by atoms with Gasteiger partial charge in [0.05, 0.1) is 29.1 Å². The van der Waals surface area contributed by atoms with Crippen LogP contribution < -0.4 is 9.64 Å². The highest BCUT2D eigenvalue weighted by atomic mass is 16.5. The van der Waals surface area contributed by atoms with Gasteiger partial charge >= 0.3 is 0 Å². The maximum absolute atomic E-state index is 10.1. The van der Waals surface area contributed by atoms with Gasteiger partial charge < -0.3 is 14.2 Å². The number of ether oxygens (including phenoxy) is 1. The van der Waals surface area contributed by atoms with Crippen molar-refractivity contribution in [3.8, 4) is 28.6 Å². The van der Waals surface area contributed by atoms with Gasteiger partial charge in [0.25, 0.3) is 0 Å². The van der Waals surface area contributed by atoms with Gasteiger partial charge in [0.15, 0.2) is 0 Å². The fraction of sp³-hybridized carbons (Fsp3) is 0.222. The van der Waals surface area contributed by atoms with Crippen LogP contribution in [-0.4, -0.2) is 29.8 Å². The van der Waals surface area contributed by atoms with E-state index in [2.05, 4.69) is 101 Å². The second kappa shape index (κ2) is 9.98. The van der Waals surface area contributed by atoms with Crippen LogP contribution in [0.4, 0.5) is 5.82 Å². The Labute approximate surface area is 240 Å². The lowest BCUT2D eigenvalue weighted by molar-refractivity contribution is 0.418. The van der Waals surface area contributed by atoms with Crippen LogP contribution >= 0.6 is 0 Å². The Bertz CT molecular complexity index is 1990. The first-order valence-corrected chi connectivity index (χ1v) is 14.4. The number of hydrogen-bond donors (Lipinski definition) is 0. The summed E-state index contributed by atoms with van der Waals surface area (Å²) in [5, 5.41) is 14.5. The molecular formula is C36H32N4O. The highest BCUT2D eigenvalue weighted by Gasteiger charge is 2.25. The molecule has 0 aliphatic carbocycles. The molecule has 5 heteroatoms. The number of para-hydroxylation sites is 2. The fourth-order valence-corrected chi connectivity index (χ4v) is 6.70. The number of aryl methyl sites for hydroxylation is 2. The topological polar surface area (TPSA) is 54.1 Å². The van der Waals surface area contributed by atoms with Gasteiger partial charge in [-0.3, -0.25) is 0 Å². The van der Waals surface area contributed by atoms with Crippen LogP contribution in [0.15, 0.2) is 78.9 Å². The smallest absolute Gasteiger partial charge is 0.148 e. The van der Waals surface area contributed by atoms with Crippen molar-refractivity contribution < 1.29 is 4.74 Å². The van der Waals surface area contributed by atoms with Crippen LogP contribution in [0.3, 0.4) is 0 Å². The maximum Gasteiger partial charge on any atom is 0.148 e. The second-order valence-corrected chi connectivity index (χ2v) is 11.0. The summed E-state index contributed by atoms with van der Waals surface area (Å²) in [7, 11) is 1.67. The summed E-state index contributed by atoms with van der Waals surface area (Å²) in [6.45, 7) is 6.03. The Kier molecular flexibility index (Phi) is 6.12. The summed E-state index contributed by atoms with van der Waals surface area (Å²) < 4.78 is 8.32. The van der Waals surface area contributed by atoms with Crippen molar-refractivity contribution in [3.05, 3.63) is 95.7 Å². The van der Waals surface area contributed by atoms with Crippen molar-refractivity contribution in [1.29, 1.82) is 5.26 Å². The molecule has 1 aliphatic heterocycles. The Morgan fingerprint density at radius 2 is 1.54 bits per heavy atom. The van der Waals surface area contributed by atoms with Crippen LogP contribution in [0.1, 0.15) is 36.1 Å². The van der Waals surface area contributed by atoms with Gasteiger partial charge in [0.1, 0.15) is 17.6 Å². The van der Waals surface area contributed by atoms with Crippen LogP contribution in [0.5, 0.6) is 5.75 Å². The quantitative estimate of drug-likeness (QED) is 0.227. The van der Waals surface area contributed by atoms with Gasteiger partial charge in [-0.15, -0.1) is 0 Å². The van der Waals surface area contributed by atoms with Gasteiger partial charge in [-0.05, 0) is 86.0 Å². The second-order valence-electron chi connectivity index (χ2n) is 11.0. The van der Waals surface area contributed by atoms with E-state index in [0.29, 0.717) is 11.3 Å². The molecular weight excluding hydrogens is 504 g/mol. The van der Waals surface area contributed by atoms with E-state index in [-0.39, 0.29) is 0 Å². The van der Waals surface area contributed by atoms with Crippen molar-refractivity contribution in [2.24, 2.45) is 0 Å². The third-order valence-corrected chi connectivity index (χ3v) is 8.55. The number of rotatable bonds is 4. The van der Waals surface area contributed by atoms with E-state index in [9.17, 15) is 5.26 Å². The predicted octanol–water partition coefficient (Wildman–Crippen LogP) is 8.49. The van der Waals surface area contributed by atoms with Crippen molar-refractivity contribution in [2.45, 2.75) is 33.1 Å². The predicted molar refractivity (Wildman–Crippen MR) is 168 cm³/mol. The van der Waals surface area contributed by atoms with Gasteiger partial charge in [-0.1, -0.05) is 42.5 Å². The molecule has 202 valence electrons. The van der Waals surface area contributed by atoms with Crippen LogP contribution in [0.2, 0.25) is 0 Å². The molecule has 4 aromatic carbocycles. The molecule has 41 heavy (non-hydrogen) atoms. The Morgan fingerprint density at radius 3 is 2.29 bits per heavy atom. The fourth-order valence-electron chi connectivity index (χ4n) is 6.70. The number of methoxy groups -OCH3 is 1. The van der Waals surface area contributed by atoms with E-state index < -0.39 is 0 Å². The minimum atomic E-state index is 0.580. The van der Waals surface area contributed by atoms with Crippen molar-refractivity contribution >= 4 is 38.4 Å². The van der Waals surface area contributed by atoms with Gasteiger partial charge in [0.2, 0.25) is 0 Å². The van der Waals surface area contributed by atoms with E-state index in [4.69, 9.17) is 9.72 Å². The first-order valence-electron chi connectivity index (χ1n) is 14.4. The summed E-state index contributed by atoms with van der Waals surface area (Å²) in [5.74, 6) is 1.55. The van der Waals surface area contributed by atoms with E-state index in [0.717, 1.165) is 70.6 Å². The van der Waals surface area contributed by atoms with Gasteiger partial charge in [0, 0.05) is 40.8 Å². The largest absolute Gasteiger partial charge is 0.495 e. The summed E-state index contributed by atoms with van der Waals surface area (Å²) >= 11 is 0. The molecule has 7 rings (SSSR count). The van der Waals surface area contributed by atoms with E-state index >= 15 is 0 Å². The molecule has 0 atom stereocenters. The van der Waals surface area contributed by atoms with Crippen molar-refractivity contribution in [3.63, 3.8) is 0 Å². The zero-order valence-electron chi connectivity index (χ0n) is 23.7. The number of aromatic nitrogens is 2. The molecule has 6 aromatic rings. The normalized spacial score (nSPS) is 13.7. The number of pyridine rings is 1. The molecule has 0 radical (unpaired) electrons.